The second-order valence-corrected chi connectivity index (χ2v) is 24.5. The van der Waals surface area contributed by atoms with E-state index in [0.717, 1.165) is 211 Å². The zero-order chi connectivity index (χ0) is 64.9. The second kappa shape index (κ2) is 27.3. The van der Waals surface area contributed by atoms with Gasteiger partial charge >= 0.3 is 0 Å². The Bertz CT molecular complexity index is 5230. The number of ether oxygens (including phenoxy) is 1. The molecular weight excluding hydrogens is 1180 g/mol. The molecule has 1 saturated heterocycles. The van der Waals surface area contributed by atoms with Gasteiger partial charge in [0.2, 0.25) is 0 Å². The fourth-order valence-electron chi connectivity index (χ4n) is 12.9. The van der Waals surface area contributed by atoms with Gasteiger partial charge in [0.1, 0.15) is 23.3 Å². The summed E-state index contributed by atoms with van der Waals surface area (Å²) in [4.78, 5) is 43.4. The zero-order valence-electron chi connectivity index (χ0n) is 53.7. The Balaban J connectivity index is 0.000000109. The minimum absolute atomic E-state index is 0.553. The number of aliphatic imine (C=N–C) groups is 2. The molecule has 0 atom stereocenters. The van der Waals surface area contributed by atoms with Crippen LogP contribution >= 0.6 is 0 Å². The van der Waals surface area contributed by atoms with Crippen LogP contribution in [-0.4, -0.2) is 124 Å². The van der Waals surface area contributed by atoms with Crippen LogP contribution in [0.4, 0.5) is 23.3 Å². The maximum Gasteiger partial charge on any atom is 0.133 e. The predicted octanol–water partition coefficient (Wildman–Crippen LogP) is 13.5. The molecule has 0 unspecified atom stereocenters. The Morgan fingerprint density at radius 1 is 0.453 bits per heavy atom. The highest BCUT2D eigenvalue weighted by Gasteiger charge is 2.19. The lowest BCUT2D eigenvalue weighted by Gasteiger charge is -2.25. The summed E-state index contributed by atoms with van der Waals surface area (Å²) in [5, 5.41) is 25.8. The Labute approximate surface area is 548 Å². The Hall–Kier alpha value is -11.0. The van der Waals surface area contributed by atoms with Crippen molar-refractivity contribution in [1.29, 1.82) is 0 Å². The molecule has 10 aromatic heterocycles. The van der Waals surface area contributed by atoms with Crippen molar-refractivity contribution < 1.29 is 4.74 Å². The first-order chi connectivity index (χ1) is 46.6. The van der Waals surface area contributed by atoms with Crippen LogP contribution in [0.1, 0.15) is 80.4 Å². The molecule has 3 aliphatic heterocycles. The Morgan fingerprint density at radius 2 is 0.874 bits per heavy atom. The number of nitrogen functional groups attached to an aromatic ring is 4. The largest absolute Gasteiger partial charge is 0.383 e. The number of pyridine rings is 4. The number of nitrogens with two attached hydrogens (primary N) is 4. The molecule has 95 heavy (non-hydrogen) atoms. The van der Waals surface area contributed by atoms with E-state index in [2.05, 4.69) is 198 Å². The number of rotatable bonds is 15. The Kier molecular flexibility index (Phi) is 17.7. The Morgan fingerprint density at radius 3 is 1.29 bits per heavy atom. The molecule has 17 rings (SSSR count). The SMILES string of the molecule is CCCCc1cc2c(N)nc3cc(C4=CC=NC4)ccc3c2[nH]1.CCCNCc1cc2c(N)nc3cc(-c4ccn[nH]4)ccc3c2[nH]1.CCCc1cc2c(N)nc3cc(C4=CC=NC4)ccc3c2[nH]1.Nc1nc2cc(-c3ccn[nH]3)ccc2c2[nH]c(CN3CCOCC3)cc12. The molecule has 14 aromatic rings. The average Bonchev–Trinajstić information content (AvgIpc) is 1.77. The van der Waals surface area contributed by atoms with Gasteiger partial charge in [-0.15, -0.1) is 0 Å². The highest BCUT2D eigenvalue weighted by atomic mass is 16.5. The monoisotopic (exact) mass is 1260 g/mol. The van der Waals surface area contributed by atoms with E-state index in [1.54, 1.807) is 12.4 Å². The molecule has 0 aliphatic carbocycles. The summed E-state index contributed by atoms with van der Waals surface area (Å²) in [5.41, 5.74) is 46.2. The van der Waals surface area contributed by atoms with E-state index < -0.39 is 0 Å². The number of fused-ring (bicyclic) bond motifs is 12. The molecule has 0 spiro atoms. The molecule has 0 bridgehead atoms. The minimum Gasteiger partial charge on any atom is -0.383 e. The summed E-state index contributed by atoms with van der Waals surface area (Å²) in [6.45, 7) is 14.2. The molecule has 21 nitrogen and oxygen atoms in total. The van der Waals surface area contributed by atoms with E-state index in [0.29, 0.717) is 23.3 Å². The lowest BCUT2D eigenvalue weighted by Crippen LogP contribution is -2.35. The van der Waals surface area contributed by atoms with Crippen LogP contribution in [-0.2, 0) is 30.7 Å². The van der Waals surface area contributed by atoms with Gasteiger partial charge < -0.3 is 52.9 Å². The zero-order valence-corrected chi connectivity index (χ0v) is 53.7. The van der Waals surface area contributed by atoms with Gasteiger partial charge in [-0.3, -0.25) is 25.1 Å². The number of nitrogens with one attached hydrogen (secondary N) is 7. The fraction of sp³-hybridized carbons (Fsp3) is 0.243. The van der Waals surface area contributed by atoms with E-state index in [4.69, 9.17) is 27.7 Å². The van der Waals surface area contributed by atoms with Crippen molar-refractivity contribution in [2.45, 2.75) is 72.4 Å². The van der Waals surface area contributed by atoms with E-state index in [9.17, 15) is 0 Å². The fourth-order valence-corrected chi connectivity index (χ4v) is 12.9. The lowest BCUT2D eigenvalue weighted by molar-refractivity contribution is 0.0337. The summed E-state index contributed by atoms with van der Waals surface area (Å²) in [7, 11) is 0. The third-order valence-corrected chi connectivity index (χ3v) is 17.8. The van der Waals surface area contributed by atoms with E-state index in [1.165, 1.54) is 40.9 Å². The second-order valence-electron chi connectivity index (χ2n) is 24.5. The van der Waals surface area contributed by atoms with Crippen molar-refractivity contribution in [3.63, 3.8) is 0 Å². The van der Waals surface area contributed by atoms with Crippen molar-refractivity contribution in [2.24, 2.45) is 9.98 Å². The third kappa shape index (κ3) is 13.0. The highest BCUT2D eigenvalue weighted by Crippen LogP contribution is 2.36. The van der Waals surface area contributed by atoms with Gasteiger partial charge in [0, 0.05) is 128 Å². The molecule has 480 valence electrons. The van der Waals surface area contributed by atoms with Gasteiger partial charge in [0.05, 0.1) is 81.8 Å². The number of aryl methyl sites for hydroxylation is 2. The van der Waals surface area contributed by atoms with Gasteiger partial charge in [-0.2, -0.15) is 10.2 Å². The van der Waals surface area contributed by atoms with Gasteiger partial charge in [-0.25, -0.2) is 19.9 Å². The van der Waals surface area contributed by atoms with Crippen molar-refractivity contribution in [1.82, 2.24) is 70.5 Å². The standard InChI is InChI=1S/C19H20N6O.C19H20N4.C18H20N6.C18H18N4/c20-19-15-10-13(11-25-5-7-26-8-6-25)22-18(15)14-2-1-12(9-17(14)23-19)16-3-4-21-24-16;1-2-3-4-14-10-16-18(22-14)15-6-5-12(13-7-8-21-11-13)9-17(15)23-19(16)20;1-2-6-20-10-12-9-14-17(22-12)13-4-3-11(15-5-7-21-24-15)8-16(13)23-18(14)19;1-2-3-13-9-15-17(21-13)14-5-4-11(12-6-7-20-10-12)8-16(14)22-18(15)19/h1-4,9-10,22H,5-8,11H2,(H2,20,23)(H,21,24);5-10,22H,2-4,11H2,1H3,(H2,20,23);3-5,7-9,20,22H,2,6,10H2,1H3,(H2,19,23)(H,21,24);4-9,21H,2-3,10H2,1H3,(H2,19,22). The topological polar surface area (TPSA) is 325 Å². The number of aromatic nitrogens is 12. The number of morpholine rings is 1. The van der Waals surface area contributed by atoms with E-state index in [1.807, 2.05) is 36.7 Å². The number of H-pyrrole nitrogens is 6. The highest BCUT2D eigenvalue weighted by molar-refractivity contribution is 6.12. The van der Waals surface area contributed by atoms with Crippen LogP contribution in [0.25, 0.3) is 121 Å². The summed E-state index contributed by atoms with van der Waals surface area (Å²) in [5.74, 6) is 2.30. The van der Waals surface area contributed by atoms with Gasteiger partial charge in [-0.05, 0) is 127 Å². The summed E-state index contributed by atoms with van der Waals surface area (Å²) < 4.78 is 5.43. The summed E-state index contributed by atoms with van der Waals surface area (Å²) in [6.07, 6.45) is 18.0. The molecule has 0 amide bonds. The lowest BCUT2D eigenvalue weighted by atomic mass is 10.0. The number of benzene rings is 4. The van der Waals surface area contributed by atoms with Crippen molar-refractivity contribution in [2.75, 3.05) is 68.9 Å². The molecule has 13 heterocycles. The molecule has 0 saturated carbocycles. The van der Waals surface area contributed by atoms with Crippen LogP contribution < -0.4 is 28.3 Å². The van der Waals surface area contributed by atoms with Crippen molar-refractivity contribution in [3.8, 4) is 22.5 Å². The number of nitrogens with zero attached hydrogens (tertiary/aromatic N) is 9. The number of anilines is 4. The first-order valence-electron chi connectivity index (χ1n) is 32.8. The number of aromatic amines is 6. The minimum atomic E-state index is 0.553. The van der Waals surface area contributed by atoms with Crippen molar-refractivity contribution >= 4 is 134 Å². The van der Waals surface area contributed by atoms with E-state index in [-0.39, 0.29) is 0 Å². The van der Waals surface area contributed by atoms with Crippen LogP contribution in [0, 0.1) is 0 Å². The molecule has 15 N–H and O–H groups in total. The normalized spacial score (nSPS) is 13.9. The first kappa shape index (κ1) is 61.5. The van der Waals surface area contributed by atoms with Crippen LogP contribution in [0.5, 0.6) is 0 Å². The number of allylic oxidation sites excluding steroid dienone is 2. The van der Waals surface area contributed by atoms with Gasteiger partial charge in [-0.1, -0.05) is 82.1 Å². The number of unbranched alkanes of at least 4 members (excludes halogenated alkanes) is 1. The van der Waals surface area contributed by atoms with Crippen molar-refractivity contribution in [3.05, 3.63) is 168 Å². The molecule has 4 aromatic carbocycles. The molecule has 21 heteroatoms. The molecule has 1 fully saturated rings. The number of hydrogen-bond donors (Lipinski definition) is 11. The average molecular weight is 1260 g/mol. The predicted molar refractivity (Wildman–Crippen MR) is 391 cm³/mol. The first-order valence-corrected chi connectivity index (χ1v) is 32.8. The maximum atomic E-state index is 6.25. The molecular formula is C74H78N20O. The van der Waals surface area contributed by atoms with Gasteiger partial charge in [0.15, 0.2) is 0 Å². The van der Waals surface area contributed by atoms with Crippen LogP contribution in [0.15, 0.2) is 144 Å². The quantitative estimate of drug-likeness (QED) is 0.0426. The van der Waals surface area contributed by atoms with E-state index >= 15 is 0 Å². The maximum absolute atomic E-state index is 6.25. The smallest absolute Gasteiger partial charge is 0.133 e. The molecule has 0 radical (unpaired) electrons. The summed E-state index contributed by atoms with van der Waals surface area (Å²) >= 11 is 0. The van der Waals surface area contributed by atoms with Gasteiger partial charge in [0.25, 0.3) is 0 Å². The van der Waals surface area contributed by atoms with Crippen LogP contribution in [0.2, 0.25) is 0 Å². The molecule has 3 aliphatic rings. The third-order valence-electron chi connectivity index (χ3n) is 17.8. The number of hydrogen-bond acceptors (Lipinski definition) is 15. The summed E-state index contributed by atoms with van der Waals surface area (Å²) in [6, 6.07) is 37.5. The van der Waals surface area contributed by atoms with Crippen LogP contribution in [0.3, 0.4) is 0 Å².